The Kier molecular flexibility index (Phi) is 7.93. The van der Waals surface area contributed by atoms with Crippen LogP contribution in [0.4, 0.5) is 0 Å². The van der Waals surface area contributed by atoms with Gasteiger partial charge in [-0.1, -0.05) is 133 Å². The van der Waals surface area contributed by atoms with E-state index in [2.05, 4.69) is 155 Å². The molecule has 0 spiro atoms. The van der Waals surface area contributed by atoms with Crippen LogP contribution in [0.25, 0.3) is 21.5 Å². The molecule has 224 valence electrons. The highest BCUT2D eigenvalue weighted by Gasteiger charge is 2.56. The van der Waals surface area contributed by atoms with Gasteiger partial charge in [0.1, 0.15) is 6.10 Å². The van der Waals surface area contributed by atoms with E-state index in [0.717, 1.165) is 19.4 Å². The predicted molar refractivity (Wildman–Crippen MR) is 185 cm³/mol. The van der Waals surface area contributed by atoms with E-state index in [1.165, 1.54) is 43.8 Å². The Morgan fingerprint density at radius 3 is 1.47 bits per heavy atom. The van der Waals surface area contributed by atoms with E-state index in [-0.39, 0.29) is 18.2 Å². The average molecular weight is 609 g/mol. The van der Waals surface area contributed by atoms with Crippen molar-refractivity contribution in [1.82, 2.24) is 9.34 Å². The lowest BCUT2D eigenvalue weighted by Gasteiger charge is -2.43. The summed E-state index contributed by atoms with van der Waals surface area (Å²) in [6.45, 7) is 1.48. The van der Waals surface area contributed by atoms with E-state index < -0.39 is 14.6 Å². The van der Waals surface area contributed by atoms with Crippen LogP contribution in [0.3, 0.4) is 0 Å². The molecule has 5 atom stereocenters. The number of hydrogen-bond acceptors (Lipinski definition) is 4. The van der Waals surface area contributed by atoms with Crippen LogP contribution in [0.2, 0.25) is 0 Å². The molecule has 2 aliphatic rings. The first-order valence-corrected chi connectivity index (χ1v) is 17.1. The van der Waals surface area contributed by atoms with Gasteiger partial charge in [0.05, 0.1) is 12.1 Å². The first kappa shape index (κ1) is 28.6. The average Bonchev–Trinajstić information content (AvgIpc) is 3.40. The van der Waals surface area contributed by atoms with Crippen molar-refractivity contribution < 1.29 is 9.63 Å². The molecule has 4 nitrogen and oxygen atoms in total. The molecule has 2 heterocycles. The monoisotopic (exact) mass is 608 g/mol. The zero-order valence-electron chi connectivity index (χ0n) is 25.2. The summed E-state index contributed by atoms with van der Waals surface area (Å²) in [6, 6.07) is 51.9. The minimum Gasteiger partial charge on any atom is -0.389 e. The Morgan fingerprint density at radius 2 is 0.933 bits per heavy atom. The van der Waals surface area contributed by atoms with Crippen LogP contribution in [-0.2, 0) is 30.5 Å². The first-order valence-electron chi connectivity index (χ1n) is 15.9. The molecule has 0 saturated carbocycles. The molecule has 6 aromatic rings. The Bertz CT molecular complexity index is 1880. The van der Waals surface area contributed by atoms with Crippen LogP contribution < -0.4 is 0 Å². The lowest BCUT2D eigenvalue weighted by molar-refractivity contribution is -0.0314. The summed E-state index contributed by atoms with van der Waals surface area (Å²) in [5.74, 6) is 0. The number of hydrogen-bond donors (Lipinski definition) is 1. The molecule has 0 amide bonds. The third-order valence-corrected chi connectivity index (χ3v) is 11.6. The lowest BCUT2D eigenvalue weighted by Crippen LogP contribution is -2.52. The maximum Gasteiger partial charge on any atom is 0.189 e. The summed E-state index contributed by atoms with van der Waals surface area (Å²) in [5.41, 5.74) is 5.01. The molecule has 1 N–H and O–H groups in total. The third kappa shape index (κ3) is 5.81. The third-order valence-electron chi connectivity index (χ3n) is 9.42. The van der Waals surface area contributed by atoms with Crippen LogP contribution in [0, 0.1) is 0 Å². The molecule has 2 saturated heterocycles. The largest absolute Gasteiger partial charge is 0.389 e. The minimum atomic E-state index is -1.15. The fourth-order valence-corrected chi connectivity index (χ4v) is 9.65. The second-order valence-corrected chi connectivity index (χ2v) is 14.1. The topological polar surface area (TPSA) is 35.9 Å². The van der Waals surface area contributed by atoms with E-state index in [1.54, 1.807) is 0 Å². The molecule has 5 heteroatoms. The van der Waals surface area contributed by atoms with Gasteiger partial charge in [0, 0.05) is 19.1 Å². The number of nitrogens with zero attached hydrogens (tertiary/aromatic N) is 2. The van der Waals surface area contributed by atoms with Gasteiger partial charge in [0.2, 0.25) is 0 Å². The highest BCUT2D eigenvalue weighted by atomic mass is 31.2. The Balaban J connectivity index is 1.20. The van der Waals surface area contributed by atoms with E-state index >= 15 is 0 Å². The number of aliphatic hydroxyl groups excluding tert-OH is 1. The van der Waals surface area contributed by atoms with Gasteiger partial charge in [-0.15, -0.1) is 0 Å². The lowest BCUT2D eigenvalue weighted by atomic mass is 9.90. The smallest absolute Gasteiger partial charge is 0.189 e. The fourth-order valence-electron chi connectivity index (χ4n) is 7.12. The number of rotatable bonds is 8. The van der Waals surface area contributed by atoms with Gasteiger partial charge >= 0.3 is 0 Å². The quantitative estimate of drug-likeness (QED) is 0.176. The van der Waals surface area contributed by atoms with E-state index in [0.29, 0.717) is 6.54 Å². The molecule has 2 aliphatic heterocycles. The Labute approximate surface area is 266 Å². The van der Waals surface area contributed by atoms with Gasteiger partial charge in [-0.2, -0.15) is 0 Å². The van der Waals surface area contributed by atoms with Crippen LogP contribution in [-0.4, -0.2) is 38.7 Å². The van der Waals surface area contributed by atoms with Crippen molar-refractivity contribution >= 4 is 30.0 Å². The SMILES string of the molecule is OC1C2OP(N(Cc3ccc4ccccc4c3)C1Cc1ccccc1)N(Cc1ccc3ccccc3c1)C2Cc1ccccc1. The molecule has 0 aliphatic carbocycles. The molecule has 6 aromatic carbocycles. The molecular formula is C40H37N2O2P. The number of fused-ring (bicyclic) bond motifs is 4. The predicted octanol–water partition coefficient (Wildman–Crippen LogP) is 8.52. The molecule has 2 bridgehead atoms. The molecule has 45 heavy (non-hydrogen) atoms. The number of aliphatic hydroxyl groups is 1. The zero-order chi connectivity index (χ0) is 30.2. The van der Waals surface area contributed by atoms with E-state index in [1.807, 2.05) is 0 Å². The van der Waals surface area contributed by atoms with Crippen molar-refractivity contribution in [2.24, 2.45) is 0 Å². The summed E-state index contributed by atoms with van der Waals surface area (Å²) in [6.07, 6.45) is 0.713. The maximum absolute atomic E-state index is 12.2. The van der Waals surface area contributed by atoms with Crippen molar-refractivity contribution in [3.05, 3.63) is 168 Å². The second kappa shape index (κ2) is 12.5. The maximum atomic E-state index is 12.2. The van der Waals surface area contributed by atoms with Crippen LogP contribution in [0.5, 0.6) is 0 Å². The molecule has 5 unspecified atom stereocenters. The van der Waals surface area contributed by atoms with Crippen LogP contribution in [0.15, 0.2) is 146 Å². The summed E-state index contributed by atoms with van der Waals surface area (Å²) in [4.78, 5) is 0. The van der Waals surface area contributed by atoms with E-state index in [9.17, 15) is 5.11 Å². The molecule has 0 radical (unpaired) electrons. The Morgan fingerprint density at radius 1 is 0.489 bits per heavy atom. The van der Waals surface area contributed by atoms with E-state index in [4.69, 9.17) is 4.52 Å². The van der Waals surface area contributed by atoms with Gasteiger partial charge in [-0.3, -0.25) is 0 Å². The highest BCUT2D eigenvalue weighted by Crippen LogP contribution is 2.61. The van der Waals surface area contributed by atoms with Crippen molar-refractivity contribution in [3.63, 3.8) is 0 Å². The van der Waals surface area contributed by atoms with Crippen LogP contribution in [0.1, 0.15) is 22.3 Å². The summed E-state index contributed by atoms with van der Waals surface area (Å²) >= 11 is 0. The first-order chi connectivity index (χ1) is 22.2. The molecular weight excluding hydrogens is 571 g/mol. The Hall–Kier alpha value is -3.89. The minimum absolute atomic E-state index is 0.0554. The van der Waals surface area contributed by atoms with Gasteiger partial charge in [0.25, 0.3) is 0 Å². The van der Waals surface area contributed by atoms with Gasteiger partial charge < -0.3 is 9.63 Å². The summed E-state index contributed by atoms with van der Waals surface area (Å²) in [7, 11) is -1.15. The normalized spacial score (nSPS) is 23.5. The van der Waals surface area contributed by atoms with Gasteiger partial charge in [0.15, 0.2) is 8.45 Å². The molecule has 0 aromatic heterocycles. The van der Waals surface area contributed by atoms with Crippen molar-refractivity contribution in [1.29, 1.82) is 0 Å². The van der Waals surface area contributed by atoms with Crippen molar-refractivity contribution in [2.45, 2.75) is 50.2 Å². The van der Waals surface area contributed by atoms with Crippen molar-refractivity contribution in [2.75, 3.05) is 0 Å². The van der Waals surface area contributed by atoms with Crippen LogP contribution >= 0.6 is 8.45 Å². The number of benzene rings is 6. The molecule has 2 fully saturated rings. The van der Waals surface area contributed by atoms with Gasteiger partial charge in [-0.25, -0.2) is 9.34 Å². The second-order valence-electron chi connectivity index (χ2n) is 12.4. The fraction of sp³-hybridized carbons (Fsp3) is 0.200. The summed E-state index contributed by atoms with van der Waals surface area (Å²) < 4.78 is 12.0. The van der Waals surface area contributed by atoms with Gasteiger partial charge in [-0.05, 0) is 68.8 Å². The summed E-state index contributed by atoms with van der Waals surface area (Å²) in [5, 5.41) is 17.2. The standard InChI is InChI=1S/C40H37N2O2P/c43-39-37(25-29-11-3-1-4-12-29)41(27-31-19-21-33-15-7-9-17-35(33)23-31)45-42(28-32-20-22-34-16-8-10-18-36(34)24-32)38(40(39)44-45)26-30-13-5-2-6-14-30/h1-24,37-40,43H,25-28H2. The van der Waals surface area contributed by atoms with Crippen molar-refractivity contribution in [3.8, 4) is 0 Å². The molecule has 8 rings (SSSR count). The zero-order valence-corrected chi connectivity index (χ0v) is 26.1. The highest BCUT2D eigenvalue weighted by molar-refractivity contribution is 7.47.